The summed E-state index contributed by atoms with van der Waals surface area (Å²) in [6, 6.07) is 57.5. The van der Waals surface area contributed by atoms with Crippen LogP contribution in [0.15, 0.2) is 262 Å². The SMILES string of the molecule is CCc1cccc(CC(=O)c2cc(Oc3ccc(C)nc3)cc(C)n2)n1.CCc1cccc(CC(=O)c2cc(Oc3cccnc3)cc(C)n2)n1.CCc1cccc(CC(=O)c2cc(Oc3cncc(F)c3)cc(C)n2)n1.Cc1ccc(CC(=O)c2cc(Oc3cccnc3)cc(C)n2)nc1.Cc1ccc(CC(=O)c2cc(Oc3cccnc3)cc(C)n2)nc1. The number of aromatic nitrogens is 15. The van der Waals surface area contributed by atoms with Gasteiger partial charge in [0.25, 0.3) is 0 Å². The number of aryl methyl sites for hydroxylation is 11. The zero-order valence-corrected chi connectivity index (χ0v) is 71.2. The summed E-state index contributed by atoms with van der Waals surface area (Å²) in [5, 5.41) is 0. The molecule has 630 valence electrons. The highest BCUT2D eigenvalue weighted by molar-refractivity contribution is 5.98. The third kappa shape index (κ3) is 29.4. The molecule has 0 saturated carbocycles. The first-order valence-electron chi connectivity index (χ1n) is 40.3. The molecule has 0 saturated heterocycles. The number of pyridine rings is 15. The Morgan fingerprint density at radius 2 is 0.544 bits per heavy atom. The Bertz CT molecular complexity index is 6030. The summed E-state index contributed by atoms with van der Waals surface area (Å²) in [5.74, 6) is 4.40. The lowest BCUT2D eigenvalue weighted by Crippen LogP contribution is -2.09. The van der Waals surface area contributed by atoms with Gasteiger partial charge in [-0.2, -0.15) is 0 Å². The molecule has 15 rings (SSSR count). The van der Waals surface area contributed by atoms with E-state index in [0.717, 1.165) is 105 Å². The standard InChI is InChI=1S/C21H21N3O2.C20H18FN3O2.C20H19N3O2.2C19H17N3O2/c1-4-16-6-5-7-17(24-16)11-21(25)20-12-19(10-15(3)23-20)26-18-9-8-14(2)22-13-18;1-3-15-5-4-6-16(24-15)9-20(25)19-10-17(7-13(2)23-19)26-18-8-14(21)11-22-12-18;1-3-15-6-4-7-16(23-15)11-20(24)19-12-18(10-14(2)22-19)25-17-8-5-9-21-13-17;2*1-13-5-6-15(21-11-13)9-19(23)18-10-17(8-14(2)22-18)24-16-4-3-7-20-12-16/h5-10,12-13H,4,11H2,1-3H3;4-8,10-12H,3,9H2,1-2H3;4-10,12-13H,3,11H2,1-2H3;2*3-8,10-12H,9H2,1-2H3. The summed E-state index contributed by atoms with van der Waals surface area (Å²) < 4.78 is 41.9. The van der Waals surface area contributed by atoms with Crippen molar-refractivity contribution < 1.29 is 52.0 Å². The lowest BCUT2D eigenvalue weighted by Gasteiger charge is -2.09. The first-order chi connectivity index (χ1) is 60.4. The van der Waals surface area contributed by atoms with Gasteiger partial charge in [0.2, 0.25) is 0 Å². The monoisotopic (exact) mass is 1670 g/mol. The van der Waals surface area contributed by atoms with E-state index in [1.807, 2.05) is 166 Å². The Balaban J connectivity index is 0.000000152. The molecule has 125 heavy (non-hydrogen) atoms. The first-order valence-corrected chi connectivity index (χ1v) is 40.3. The number of Topliss-reactive ketones (excluding diaryl/α,β-unsaturated/α-hetero) is 5. The highest BCUT2D eigenvalue weighted by Crippen LogP contribution is 2.29. The van der Waals surface area contributed by atoms with E-state index in [4.69, 9.17) is 23.7 Å². The predicted molar refractivity (Wildman–Crippen MR) is 470 cm³/mol. The van der Waals surface area contributed by atoms with E-state index in [-0.39, 0.29) is 72.5 Å². The van der Waals surface area contributed by atoms with Gasteiger partial charge in [0, 0.05) is 177 Å². The normalized spacial score (nSPS) is 10.5. The summed E-state index contributed by atoms with van der Waals surface area (Å²) in [6.07, 6.45) is 21.1. The van der Waals surface area contributed by atoms with Crippen molar-refractivity contribution >= 4 is 28.9 Å². The maximum absolute atomic E-state index is 13.2. The Labute approximate surface area is 724 Å². The van der Waals surface area contributed by atoms with Crippen LogP contribution in [-0.2, 0) is 51.4 Å². The zero-order chi connectivity index (χ0) is 88.6. The molecular formula is C99H92FN15O10. The number of ketones is 5. The van der Waals surface area contributed by atoms with Crippen LogP contribution >= 0.6 is 0 Å². The number of carbonyl (C=O) groups is 5. The molecule has 0 fully saturated rings. The minimum atomic E-state index is -0.494. The molecule has 0 aromatic carbocycles. The fraction of sp³-hybridized carbons (Fsp3) is 0.192. The van der Waals surface area contributed by atoms with Gasteiger partial charge in [-0.15, -0.1) is 0 Å². The summed E-state index contributed by atoms with van der Waals surface area (Å²) >= 11 is 0. The maximum atomic E-state index is 13.2. The second-order valence-corrected chi connectivity index (χ2v) is 28.8. The molecular weight excluding hydrogens is 1580 g/mol. The molecule has 15 heterocycles. The third-order valence-electron chi connectivity index (χ3n) is 18.0. The third-order valence-corrected chi connectivity index (χ3v) is 18.0. The van der Waals surface area contributed by atoms with Crippen molar-refractivity contribution in [2.45, 2.75) is 128 Å². The van der Waals surface area contributed by atoms with Gasteiger partial charge in [-0.3, -0.25) is 73.8 Å². The van der Waals surface area contributed by atoms with Gasteiger partial charge in [0.05, 0.1) is 69.3 Å². The fourth-order valence-electron chi connectivity index (χ4n) is 12.0. The predicted octanol–water partition coefficient (Wildman–Crippen LogP) is 19.7. The van der Waals surface area contributed by atoms with Crippen LogP contribution in [0.25, 0.3) is 0 Å². The molecule has 0 bridgehead atoms. The lowest BCUT2D eigenvalue weighted by molar-refractivity contribution is 0.0978. The van der Waals surface area contributed by atoms with E-state index in [0.29, 0.717) is 85.9 Å². The highest BCUT2D eigenvalue weighted by Gasteiger charge is 2.20. The minimum absolute atomic E-state index is 0.0821. The molecule has 0 N–H and O–H groups in total. The number of hydrogen-bond acceptors (Lipinski definition) is 25. The molecule has 26 heteroatoms. The molecule has 15 aromatic rings. The summed E-state index contributed by atoms with van der Waals surface area (Å²) in [4.78, 5) is 126. The van der Waals surface area contributed by atoms with Crippen LogP contribution in [0.3, 0.4) is 0 Å². The smallest absolute Gasteiger partial charge is 0.187 e. The highest BCUT2D eigenvalue weighted by atomic mass is 19.1. The van der Waals surface area contributed by atoms with Crippen molar-refractivity contribution in [1.82, 2.24) is 74.8 Å². The summed E-state index contributed by atoms with van der Waals surface area (Å²) in [6.45, 7) is 21.0. The van der Waals surface area contributed by atoms with E-state index in [1.54, 1.807) is 154 Å². The molecule has 0 radical (unpaired) electrons. The Morgan fingerprint density at radius 3 is 0.816 bits per heavy atom. The van der Waals surface area contributed by atoms with Crippen molar-refractivity contribution in [2.24, 2.45) is 0 Å². The van der Waals surface area contributed by atoms with Crippen LogP contribution < -0.4 is 23.7 Å². The quantitative estimate of drug-likeness (QED) is 0.0411. The van der Waals surface area contributed by atoms with Crippen LogP contribution in [0.1, 0.15) is 164 Å². The van der Waals surface area contributed by atoms with E-state index < -0.39 is 5.82 Å². The molecule has 0 spiro atoms. The van der Waals surface area contributed by atoms with E-state index in [1.165, 1.54) is 12.3 Å². The number of carbonyl (C=O) groups excluding carboxylic acids is 5. The number of rotatable bonds is 28. The number of hydrogen-bond donors (Lipinski definition) is 0. The molecule has 0 amide bonds. The molecule has 0 aliphatic rings. The van der Waals surface area contributed by atoms with Gasteiger partial charge >= 0.3 is 0 Å². The molecule has 0 unspecified atom stereocenters. The van der Waals surface area contributed by atoms with Crippen LogP contribution in [0.5, 0.6) is 57.5 Å². The topological polar surface area (TPSA) is 325 Å². The van der Waals surface area contributed by atoms with Crippen LogP contribution in [0, 0.1) is 61.2 Å². The molecule has 0 aliphatic carbocycles. The zero-order valence-electron chi connectivity index (χ0n) is 71.2. The molecule has 15 aromatic heterocycles. The van der Waals surface area contributed by atoms with Crippen LogP contribution in [0.2, 0.25) is 0 Å². The molecule has 0 atom stereocenters. The minimum Gasteiger partial charge on any atom is -0.456 e. The first kappa shape index (κ1) is 90.3. The Morgan fingerprint density at radius 1 is 0.248 bits per heavy atom. The van der Waals surface area contributed by atoms with E-state index >= 15 is 0 Å². The average molecular weight is 1670 g/mol. The van der Waals surface area contributed by atoms with E-state index in [9.17, 15) is 28.4 Å². The second-order valence-electron chi connectivity index (χ2n) is 28.8. The Kier molecular flexibility index (Phi) is 32.7. The van der Waals surface area contributed by atoms with Crippen molar-refractivity contribution in [3.63, 3.8) is 0 Å². The van der Waals surface area contributed by atoms with Crippen molar-refractivity contribution in [1.29, 1.82) is 0 Å². The lowest BCUT2D eigenvalue weighted by atomic mass is 10.1. The van der Waals surface area contributed by atoms with Crippen molar-refractivity contribution in [3.8, 4) is 57.5 Å². The van der Waals surface area contributed by atoms with Crippen molar-refractivity contribution in [3.05, 3.63) is 387 Å². The van der Waals surface area contributed by atoms with Gasteiger partial charge < -0.3 is 23.7 Å². The van der Waals surface area contributed by atoms with Gasteiger partial charge in [-0.1, -0.05) is 51.1 Å². The summed E-state index contributed by atoms with van der Waals surface area (Å²) in [7, 11) is 0. The van der Waals surface area contributed by atoms with Gasteiger partial charge in [-0.05, 0) is 183 Å². The maximum Gasteiger partial charge on any atom is 0.187 e. The molecule has 0 aliphatic heterocycles. The second kappa shape index (κ2) is 45.3. The van der Waals surface area contributed by atoms with Crippen LogP contribution in [0.4, 0.5) is 4.39 Å². The summed E-state index contributed by atoms with van der Waals surface area (Å²) in [5.41, 5.74) is 14.9. The Hall–Kier alpha value is -15.5. The van der Waals surface area contributed by atoms with Gasteiger partial charge in [0.1, 0.15) is 91.8 Å². The van der Waals surface area contributed by atoms with Gasteiger partial charge in [-0.25, -0.2) is 29.3 Å². The average Bonchev–Trinajstić information content (AvgIpc) is 0.862. The number of ether oxygens (including phenoxy) is 5. The van der Waals surface area contributed by atoms with Gasteiger partial charge in [0.15, 0.2) is 28.9 Å². The number of nitrogens with zero attached hydrogens (tertiary/aromatic N) is 15. The van der Waals surface area contributed by atoms with Crippen LogP contribution in [-0.4, -0.2) is 104 Å². The number of halogens is 1. The van der Waals surface area contributed by atoms with E-state index in [2.05, 4.69) is 74.8 Å². The van der Waals surface area contributed by atoms with Crippen molar-refractivity contribution in [2.75, 3.05) is 0 Å². The molecule has 25 nitrogen and oxygen atoms in total. The largest absolute Gasteiger partial charge is 0.456 e. The fourth-order valence-corrected chi connectivity index (χ4v) is 12.0.